The summed E-state index contributed by atoms with van der Waals surface area (Å²) in [6.45, 7) is 1.19. The topological polar surface area (TPSA) is 38.7 Å². The van der Waals surface area contributed by atoms with Crippen LogP contribution in [-0.4, -0.2) is 18.3 Å². The van der Waals surface area contributed by atoms with Gasteiger partial charge >= 0.3 is 0 Å². The van der Waals surface area contributed by atoms with Crippen molar-refractivity contribution in [3.63, 3.8) is 0 Å². The molecule has 1 aliphatic heterocycles. The zero-order valence-electron chi connectivity index (χ0n) is 11.2. The molecule has 0 radical (unpaired) electrons. The van der Waals surface area contributed by atoms with Crippen molar-refractivity contribution in [1.29, 1.82) is 0 Å². The van der Waals surface area contributed by atoms with E-state index in [1.807, 2.05) is 30.3 Å². The van der Waals surface area contributed by atoms with Crippen molar-refractivity contribution in [1.82, 2.24) is 0 Å². The highest BCUT2D eigenvalue weighted by molar-refractivity contribution is 9.11. The van der Waals surface area contributed by atoms with Crippen molar-refractivity contribution in [2.75, 3.05) is 13.2 Å². The van der Waals surface area contributed by atoms with Gasteiger partial charge < -0.3 is 14.6 Å². The monoisotopic (exact) mass is 412 g/mol. The summed E-state index contributed by atoms with van der Waals surface area (Å²) in [6, 6.07) is 11.8. The van der Waals surface area contributed by atoms with Crippen molar-refractivity contribution in [3.8, 4) is 11.5 Å². The molecule has 0 saturated heterocycles. The third kappa shape index (κ3) is 3.10. The van der Waals surface area contributed by atoms with E-state index in [0.717, 1.165) is 26.0 Å². The zero-order chi connectivity index (χ0) is 14.8. The molecule has 1 N–H and O–H groups in total. The van der Waals surface area contributed by atoms with E-state index in [2.05, 4.69) is 37.9 Å². The van der Waals surface area contributed by atoms with Crippen molar-refractivity contribution in [2.45, 2.75) is 12.5 Å². The van der Waals surface area contributed by atoms with Crippen molar-refractivity contribution < 1.29 is 14.6 Å². The van der Waals surface area contributed by atoms with Crippen LogP contribution in [0.25, 0.3) is 0 Å². The van der Waals surface area contributed by atoms with Crippen molar-refractivity contribution in [2.24, 2.45) is 0 Å². The fraction of sp³-hybridized carbons (Fsp3) is 0.250. The van der Waals surface area contributed by atoms with Crippen molar-refractivity contribution >= 4 is 31.9 Å². The highest BCUT2D eigenvalue weighted by atomic mass is 79.9. The van der Waals surface area contributed by atoms with Gasteiger partial charge in [0, 0.05) is 5.56 Å². The molecule has 1 heterocycles. The van der Waals surface area contributed by atoms with E-state index in [-0.39, 0.29) is 12.5 Å². The lowest BCUT2D eigenvalue weighted by atomic mass is 10.0. The normalized spacial score (nSPS) is 16.4. The molecule has 3 rings (SSSR count). The highest BCUT2D eigenvalue weighted by Crippen LogP contribution is 2.38. The Hall–Kier alpha value is -1.04. The molecule has 1 unspecified atom stereocenters. The smallest absolute Gasteiger partial charge is 0.147 e. The molecular formula is C16H14Br2O3. The van der Waals surface area contributed by atoms with Gasteiger partial charge in [0.2, 0.25) is 0 Å². The SMILES string of the molecule is OCc1cc(Br)c(OCC2COc3ccccc32)c(Br)c1. The Kier molecular flexibility index (Phi) is 4.52. The molecule has 110 valence electrons. The Bertz CT molecular complexity index is 635. The minimum absolute atomic E-state index is 0.00131. The minimum atomic E-state index is 0.00131. The molecule has 0 aliphatic carbocycles. The van der Waals surface area contributed by atoms with Gasteiger partial charge in [-0.2, -0.15) is 0 Å². The van der Waals surface area contributed by atoms with Gasteiger partial charge in [0.25, 0.3) is 0 Å². The first-order valence-corrected chi connectivity index (χ1v) is 8.21. The molecule has 5 heteroatoms. The molecule has 0 fully saturated rings. The van der Waals surface area contributed by atoms with Gasteiger partial charge in [0.05, 0.1) is 34.7 Å². The van der Waals surface area contributed by atoms with Crippen LogP contribution in [0.15, 0.2) is 45.3 Å². The molecule has 0 bridgehead atoms. The number of aliphatic hydroxyl groups excluding tert-OH is 1. The van der Waals surface area contributed by atoms with E-state index in [1.165, 1.54) is 5.56 Å². The maximum absolute atomic E-state index is 9.19. The van der Waals surface area contributed by atoms with Crippen LogP contribution in [0.5, 0.6) is 11.5 Å². The molecule has 3 nitrogen and oxygen atoms in total. The average Bonchev–Trinajstić information content (AvgIpc) is 2.89. The summed E-state index contributed by atoms with van der Waals surface area (Å²) >= 11 is 6.97. The molecule has 0 aromatic heterocycles. The fourth-order valence-corrected chi connectivity index (χ4v) is 3.90. The highest BCUT2D eigenvalue weighted by Gasteiger charge is 2.24. The first kappa shape index (κ1) is 14.9. The van der Waals surface area contributed by atoms with E-state index in [0.29, 0.717) is 13.2 Å². The summed E-state index contributed by atoms with van der Waals surface area (Å²) in [5.74, 6) is 1.92. The third-order valence-electron chi connectivity index (χ3n) is 3.47. The largest absolute Gasteiger partial charge is 0.493 e. The number of ether oxygens (including phenoxy) is 2. The Morgan fingerprint density at radius 2 is 1.90 bits per heavy atom. The molecular weight excluding hydrogens is 400 g/mol. The number of aliphatic hydroxyl groups is 1. The number of halogens is 2. The van der Waals surface area contributed by atoms with Crippen LogP contribution in [0.4, 0.5) is 0 Å². The van der Waals surface area contributed by atoms with E-state index in [9.17, 15) is 5.11 Å². The number of para-hydroxylation sites is 1. The quantitative estimate of drug-likeness (QED) is 0.813. The lowest BCUT2D eigenvalue weighted by Crippen LogP contribution is -2.12. The summed E-state index contributed by atoms with van der Waals surface area (Å²) in [5.41, 5.74) is 2.02. The molecule has 1 atom stereocenters. The standard InChI is InChI=1S/C16H14Br2O3/c17-13-5-10(7-19)6-14(18)16(13)21-9-11-8-20-15-4-2-1-3-12(11)15/h1-6,11,19H,7-9H2. The number of benzene rings is 2. The summed E-state index contributed by atoms with van der Waals surface area (Å²) in [7, 11) is 0. The van der Waals surface area contributed by atoms with E-state index in [4.69, 9.17) is 9.47 Å². The average molecular weight is 414 g/mol. The summed E-state index contributed by atoms with van der Waals surface area (Å²) < 4.78 is 13.3. The Labute approximate surface area is 140 Å². The van der Waals surface area contributed by atoms with Gasteiger partial charge in [-0.05, 0) is 55.6 Å². The van der Waals surface area contributed by atoms with E-state index >= 15 is 0 Å². The van der Waals surface area contributed by atoms with Crippen LogP contribution >= 0.6 is 31.9 Å². The summed E-state index contributed by atoms with van der Waals surface area (Å²) in [6.07, 6.45) is 0. The first-order chi connectivity index (χ1) is 10.2. The third-order valence-corrected chi connectivity index (χ3v) is 4.65. The maximum atomic E-state index is 9.19. The number of fused-ring (bicyclic) bond motifs is 1. The summed E-state index contributed by atoms with van der Waals surface area (Å²) in [5, 5.41) is 9.19. The second kappa shape index (κ2) is 6.38. The van der Waals surface area contributed by atoms with Crippen molar-refractivity contribution in [3.05, 3.63) is 56.5 Å². The fourth-order valence-electron chi connectivity index (χ4n) is 2.39. The van der Waals surface area contributed by atoms with E-state index < -0.39 is 0 Å². The number of hydrogen-bond donors (Lipinski definition) is 1. The van der Waals surface area contributed by atoms with Gasteiger partial charge in [0.1, 0.15) is 11.5 Å². The maximum Gasteiger partial charge on any atom is 0.147 e. The van der Waals surface area contributed by atoms with Gasteiger partial charge in [-0.15, -0.1) is 0 Å². The Balaban J connectivity index is 1.75. The Morgan fingerprint density at radius 3 is 2.62 bits per heavy atom. The van der Waals surface area contributed by atoms with Crippen LogP contribution in [0.1, 0.15) is 17.0 Å². The van der Waals surface area contributed by atoms with Gasteiger partial charge in [-0.3, -0.25) is 0 Å². The minimum Gasteiger partial charge on any atom is -0.493 e. The van der Waals surface area contributed by atoms with Gasteiger partial charge in [0.15, 0.2) is 0 Å². The lowest BCUT2D eigenvalue weighted by molar-refractivity contribution is 0.246. The summed E-state index contributed by atoms with van der Waals surface area (Å²) in [4.78, 5) is 0. The van der Waals surface area contributed by atoms with Gasteiger partial charge in [-0.25, -0.2) is 0 Å². The van der Waals surface area contributed by atoms with Gasteiger partial charge in [-0.1, -0.05) is 18.2 Å². The molecule has 0 amide bonds. The molecule has 21 heavy (non-hydrogen) atoms. The second-order valence-corrected chi connectivity index (χ2v) is 6.61. The predicted octanol–water partition coefficient (Wildman–Crippen LogP) is 4.26. The first-order valence-electron chi connectivity index (χ1n) is 6.62. The van der Waals surface area contributed by atoms with Crippen LogP contribution in [-0.2, 0) is 6.61 Å². The lowest BCUT2D eigenvalue weighted by Gasteiger charge is -2.14. The number of hydrogen-bond acceptors (Lipinski definition) is 3. The van der Waals surface area contributed by atoms with Crippen LogP contribution < -0.4 is 9.47 Å². The molecule has 0 spiro atoms. The molecule has 2 aromatic carbocycles. The van der Waals surface area contributed by atoms with Crippen LogP contribution in [0, 0.1) is 0 Å². The molecule has 0 saturated carbocycles. The second-order valence-electron chi connectivity index (χ2n) is 4.90. The van der Waals surface area contributed by atoms with Crippen LogP contribution in [0.2, 0.25) is 0 Å². The van der Waals surface area contributed by atoms with E-state index in [1.54, 1.807) is 0 Å². The van der Waals surface area contributed by atoms with Crippen LogP contribution in [0.3, 0.4) is 0 Å². The molecule has 1 aliphatic rings. The zero-order valence-corrected chi connectivity index (χ0v) is 14.4. The molecule has 2 aromatic rings. The number of rotatable bonds is 4. The Morgan fingerprint density at radius 1 is 1.19 bits per heavy atom. The predicted molar refractivity (Wildman–Crippen MR) is 87.9 cm³/mol.